The average molecular weight is 859 g/mol. The topological polar surface area (TPSA) is 84.0 Å². The van der Waals surface area contributed by atoms with Crippen LogP contribution in [-0.2, 0) is 23.9 Å². The molecule has 0 spiro atoms. The Kier molecular flexibility index (Phi) is 11.7. The minimum Gasteiger partial charge on any atom is -0.393 e. The van der Waals surface area contributed by atoms with Crippen LogP contribution in [0.3, 0.4) is 0 Å². The molecule has 8 rings (SSSR count). The Morgan fingerprint density at radius 2 is 1.04 bits per heavy atom. The molecule has 2 aromatic carbocycles. The van der Waals surface area contributed by atoms with Crippen molar-refractivity contribution in [2.75, 3.05) is 13.1 Å². The van der Waals surface area contributed by atoms with E-state index in [1.165, 1.54) is 22.7 Å². The molecule has 2 saturated heterocycles. The summed E-state index contributed by atoms with van der Waals surface area (Å²) < 4.78 is 6.75. The molecule has 4 fully saturated rings. The molecule has 2 amide bonds. The van der Waals surface area contributed by atoms with E-state index in [2.05, 4.69) is 0 Å². The quantitative estimate of drug-likeness (QED) is 0.105. The molecule has 288 valence electrons. The summed E-state index contributed by atoms with van der Waals surface area (Å²) in [7, 11) is 0. The smallest absolute Gasteiger partial charge is 0.314 e. The molecule has 2 aliphatic carbocycles. The number of thiophene rings is 2. The summed E-state index contributed by atoms with van der Waals surface area (Å²) in [6.45, 7) is 1.16. The van der Waals surface area contributed by atoms with Crippen LogP contribution in [0.1, 0.15) is 96.2 Å². The molecule has 13 heteroatoms. The summed E-state index contributed by atoms with van der Waals surface area (Å²) in [5.41, 5.74) is 1.93. The van der Waals surface area contributed by atoms with Crippen LogP contribution < -0.4 is 0 Å². The second-order valence-electron chi connectivity index (χ2n) is 15.5. The first-order valence-electron chi connectivity index (χ1n) is 18.9. The fourth-order valence-corrected chi connectivity index (χ4v) is 11.4. The third-order valence-corrected chi connectivity index (χ3v) is 14.5. The highest BCUT2D eigenvalue weighted by molar-refractivity contribution is 7.16. The van der Waals surface area contributed by atoms with Crippen molar-refractivity contribution in [2.45, 2.75) is 75.3 Å². The summed E-state index contributed by atoms with van der Waals surface area (Å²) >= 11 is 28.7. The molecule has 4 aromatic rings. The first-order valence-corrected chi connectivity index (χ1v) is 22.0. The van der Waals surface area contributed by atoms with Crippen LogP contribution in [-0.4, -0.2) is 46.6 Å². The SMILES string of the molecule is O=C(CC1CC(c2cccc(Cl)c2)C(c2ccc(Cl)s2)N(CC2CC2)C1=O)OC(=O)CC1CC(c2cccc(Cl)c2)C(c2ccc(Cl)s2)N(CC2CC2)C1=O. The maximum atomic E-state index is 14.3. The molecule has 7 nitrogen and oxygen atoms in total. The van der Waals surface area contributed by atoms with E-state index in [4.69, 9.17) is 51.1 Å². The van der Waals surface area contributed by atoms with Gasteiger partial charge in [0.1, 0.15) is 0 Å². The van der Waals surface area contributed by atoms with E-state index in [0.29, 0.717) is 56.5 Å². The van der Waals surface area contributed by atoms with Gasteiger partial charge in [-0.25, -0.2) is 0 Å². The highest BCUT2D eigenvalue weighted by atomic mass is 35.5. The third kappa shape index (κ3) is 8.98. The normalized spacial score (nSPS) is 25.7. The Morgan fingerprint density at radius 1 is 0.618 bits per heavy atom. The monoisotopic (exact) mass is 856 g/mol. The van der Waals surface area contributed by atoms with Crippen molar-refractivity contribution in [3.63, 3.8) is 0 Å². The number of rotatable bonds is 12. The maximum absolute atomic E-state index is 14.3. The molecular formula is C42H40Cl4N2O5S2. The number of hydrogen-bond acceptors (Lipinski definition) is 7. The number of esters is 2. The molecule has 4 heterocycles. The number of ether oxygens (including phenoxy) is 1. The third-order valence-electron chi connectivity index (χ3n) is 11.5. The molecule has 2 aromatic heterocycles. The van der Waals surface area contributed by atoms with Gasteiger partial charge in [0.15, 0.2) is 0 Å². The van der Waals surface area contributed by atoms with Gasteiger partial charge in [0, 0.05) is 56.6 Å². The Balaban J connectivity index is 1.01. The molecule has 0 radical (unpaired) electrons. The fourth-order valence-electron chi connectivity index (χ4n) is 8.56. The summed E-state index contributed by atoms with van der Waals surface area (Å²) in [6, 6.07) is 22.4. The van der Waals surface area contributed by atoms with Crippen LogP contribution in [0.4, 0.5) is 0 Å². The van der Waals surface area contributed by atoms with E-state index in [1.807, 2.05) is 82.6 Å². The van der Waals surface area contributed by atoms with E-state index >= 15 is 0 Å². The molecule has 2 saturated carbocycles. The van der Waals surface area contributed by atoms with Crippen LogP contribution in [0.5, 0.6) is 0 Å². The number of likely N-dealkylation sites (tertiary alicyclic amines) is 2. The Hall–Kier alpha value is -2.92. The molecule has 55 heavy (non-hydrogen) atoms. The van der Waals surface area contributed by atoms with Gasteiger partial charge in [0.05, 0.1) is 33.6 Å². The fraction of sp³-hybridized carbons (Fsp3) is 0.429. The van der Waals surface area contributed by atoms with Gasteiger partial charge < -0.3 is 14.5 Å². The van der Waals surface area contributed by atoms with Gasteiger partial charge in [-0.2, -0.15) is 0 Å². The number of carbonyl (C=O) groups excluding carboxylic acids is 4. The number of nitrogens with zero attached hydrogens (tertiary/aromatic N) is 2. The van der Waals surface area contributed by atoms with Crippen molar-refractivity contribution in [1.29, 1.82) is 0 Å². The minimum absolute atomic E-state index is 0.133. The van der Waals surface area contributed by atoms with E-state index in [-0.39, 0.29) is 48.6 Å². The van der Waals surface area contributed by atoms with Crippen LogP contribution in [0.2, 0.25) is 18.7 Å². The molecular weight excluding hydrogens is 818 g/mol. The second-order valence-corrected chi connectivity index (χ2v) is 19.9. The Bertz CT molecular complexity index is 1950. The second kappa shape index (κ2) is 16.5. The van der Waals surface area contributed by atoms with E-state index < -0.39 is 23.8 Å². The van der Waals surface area contributed by atoms with Gasteiger partial charge in [0.25, 0.3) is 0 Å². The summed E-state index contributed by atoms with van der Waals surface area (Å²) in [4.78, 5) is 61.6. The van der Waals surface area contributed by atoms with Gasteiger partial charge in [0.2, 0.25) is 11.8 Å². The summed E-state index contributed by atoms with van der Waals surface area (Å²) in [5.74, 6) is -2.74. The van der Waals surface area contributed by atoms with Crippen LogP contribution in [0.25, 0.3) is 0 Å². The summed E-state index contributed by atoms with van der Waals surface area (Å²) in [5, 5.41) is 1.17. The van der Waals surface area contributed by atoms with Gasteiger partial charge in [-0.05, 0) is 110 Å². The molecule has 2 aliphatic heterocycles. The van der Waals surface area contributed by atoms with E-state index in [9.17, 15) is 19.2 Å². The Labute approximate surface area is 348 Å². The van der Waals surface area contributed by atoms with Crippen molar-refractivity contribution in [3.05, 3.63) is 112 Å². The standard InChI is InChI=1S/C42H40Cl4N2O5S2/c43-29-5-1-3-25(15-29)31-17-27(41(51)47(21-23-7-8-23)39(31)33-11-13-35(45)54-33)19-37(49)53-38(50)20-28-18-32(26-4-2-6-30(44)16-26)40(34-12-14-36(46)55-34)48(42(28)52)22-24-9-10-24/h1-6,11-16,23-24,27-28,31-32,39-40H,7-10,17-22H2. The molecule has 6 atom stereocenters. The van der Waals surface area contributed by atoms with E-state index in [0.717, 1.165) is 46.6 Å². The van der Waals surface area contributed by atoms with E-state index in [1.54, 1.807) is 0 Å². The van der Waals surface area contributed by atoms with Crippen LogP contribution in [0, 0.1) is 23.7 Å². The largest absolute Gasteiger partial charge is 0.393 e. The number of amides is 2. The van der Waals surface area contributed by atoms with Crippen molar-refractivity contribution in [3.8, 4) is 0 Å². The predicted molar refractivity (Wildman–Crippen MR) is 218 cm³/mol. The molecule has 0 N–H and O–H groups in total. The number of halogens is 4. The maximum Gasteiger partial charge on any atom is 0.314 e. The molecule has 0 bridgehead atoms. The number of piperidine rings is 2. The number of carbonyl (C=O) groups is 4. The lowest BCUT2D eigenvalue weighted by molar-refractivity contribution is -0.165. The van der Waals surface area contributed by atoms with Crippen molar-refractivity contribution in [1.82, 2.24) is 9.80 Å². The summed E-state index contributed by atoms with van der Waals surface area (Å²) in [6.07, 6.45) is 4.42. The van der Waals surface area contributed by atoms with Crippen molar-refractivity contribution >= 4 is 92.8 Å². The average Bonchev–Trinajstić information content (AvgIpc) is 4.07. The predicted octanol–water partition coefficient (Wildman–Crippen LogP) is 11.1. The zero-order valence-corrected chi connectivity index (χ0v) is 34.5. The first-order chi connectivity index (χ1) is 26.5. The van der Waals surface area contributed by atoms with Crippen molar-refractivity contribution in [2.24, 2.45) is 23.7 Å². The van der Waals surface area contributed by atoms with Crippen LogP contribution in [0.15, 0.2) is 72.8 Å². The molecule has 4 aliphatic rings. The highest BCUT2D eigenvalue weighted by Crippen LogP contribution is 2.51. The number of hydrogen-bond donors (Lipinski definition) is 0. The van der Waals surface area contributed by atoms with Gasteiger partial charge in [-0.15, -0.1) is 22.7 Å². The zero-order chi connectivity index (χ0) is 38.4. The lowest BCUT2D eigenvalue weighted by Gasteiger charge is -2.44. The lowest BCUT2D eigenvalue weighted by Crippen LogP contribution is -2.48. The number of benzene rings is 2. The minimum atomic E-state index is -0.771. The first kappa shape index (κ1) is 38.9. The molecule has 6 unspecified atom stereocenters. The van der Waals surface area contributed by atoms with Gasteiger partial charge in [-0.1, -0.05) is 70.7 Å². The zero-order valence-electron chi connectivity index (χ0n) is 29.9. The lowest BCUT2D eigenvalue weighted by atomic mass is 9.76. The van der Waals surface area contributed by atoms with Gasteiger partial charge in [-0.3, -0.25) is 19.2 Å². The van der Waals surface area contributed by atoms with Gasteiger partial charge >= 0.3 is 11.9 Å². The van der Waals surface area contributed by atoms with Crippen LogP contribution >= 0.6 is 69.1 Å². The van der Waals surface area contributed by atoms with Crippen molar-refractivity contribution < 1.29 is 23.9 Å². The Morgan fingerprint density at radius 3 is 1.38 bits per heavy atom. The highest BCUT2D eigenvalue weighted by Gasteiger charge is 2.48.